The summed E-state index contributed by atoms with van der Waals surface area (Å²) in [5, 5.41) is 10.5. The molecule has 0 unspecified atom stereocenters. The first kappa shape index (κ1) is 14.9. The van der Waals surface area contributed by atoms with Gasteiger partial charge >= 0.3 is 0 Å². The van der Waals surface area contributed by atoms with Crippen molar-refractivity contribution in [1.82, 2.24) is 4.72 Å². The van der Waals surface area contributed by atoms with E-state index in [9.17, 15) is 8.42 Å². The van der Waals surface area contributed by atoms with Gasteiger partial charge in [0.2, 0.25) is 10.0 Å². The van der Waals surface area contributed by atoms with Crippen LogP contribution in [-0.4, -0.2) is 33.3 Å². The van der Waals surface area contributed by atoms with Gasteiger partial charge < -0.3 is 9.84 Å². The van der Waals surface area contributed by atoms with Gasteiger partial charge in [-0.25, -0.2) is 13.1 Å². The predicted octanol–water partition coefficient (Wildman–Crippen LogP) is 1.34. The minimum atomic E-state index is -3.48. The molecule has 0 saturated carbocycles. The van der Waals surface area contributed by atoms with Crippen LogP contribution in [0.5, 0.6) is 0 Å². The fourth-order valence-corrected chi connectivity index (χ4v) is 4.31. The third-order valence-electron chi connectivity index (χ3n) is 3.48. The fraction of sp³-hybridized carbons (Fsp3) is 0.667. The maximum Gasteiger partial charge on any atom is 0.241 e. The van der Waals surface area contributed by atoms with Crippen LogP contribution >= 0.6 is 11.3 Å². The molecule has 1 aromatic rings. The SMILES string of the molecule is CC1(CNS(=O)(=O)c2csc(CO)c2)CCOCC1. The minimum Gasteiger partial charge on any atom is -0.391 e. The molecule has 2 rings (SSSR count). The van der Waals surface area contributed by atoms with Crippen LogP contribution < -0.4 is 4.72 Å². The van der Waals surface area contributed by atoms with Crippen LogP contribution in [0.1, 0.15) is 24.6 Å². The molecule has 0 spiro atoms. The molecule has 0 aliphatic carbocycles. The van der Waals surface area contributed by atoms with Crippen LogP contribution in [0.3, 0.4) is 0 Å². The molecule has 1 fully saturated rings. The van der Waals surface area contributed by atoms with E-state index in [0.717, 1.165) is 12.8 Å². The quantitative estimate of drug-likeness (QED) is 0.860. The Balaban J connectivity index is 2.01. The average molecular weight is 305 g/mol. The third-order valence-corrected chi connectivity index (χ3v) is 5.94. The van der Waals surface area contributed by atoms with Gasteiger partial charge in [-0.3, -0.25) is 0 Å². The summed E-state index contributed by atoms with van der Waals surface area (Å²) < 4.78 is 32.2. The van der Waals surface area contributed by atoms with E-state index in [-0.39, 0.29) is 16.9 Å². The highest BCUT2D eigenvalue weighted by atomic mass is 32.2. The van der Waals surface area contributed by atoms with Gasteiger partial charge in [0.1, 0.15) is 0 Å². The van der Waals surface area contributed by atoms with Crippen LogP contribution in [0.2, 0.25) is 0 Å². The molecule has 1 saturated heterocycles. The van der Waals surface area contributed by atoms with Crippen molar-refractivity contribution in [3.63, 3.8) is 0 Å². The number of nitrogens with one attached hydrogen (secondary N) is 1. The number of ether oxygens (including phenoxy) is 1. The zero-order valence-electron chi connectivity index (χ0n) is 10.9. The van der Waals surface area contributed by atoms with Gasteiger partial charge in [0, 0.05) is 30.0 Å². The monoisotopic (exact) mass is 305 g/mol. The Morgan fingerprint density at radius 2 is 2.16 bits per heavy atom. The molecule has 1 aromatic heterocycles. The molecule has 0 amide bonds. The van der Waals surface area contributed by atoms with E-state index in [1.807, 2.05) is 0 Å². The predicted molar refractivity (Wildman–Crippen MR) is 73.6 cm³/mol. The second kappa shape index (κ2) is 5.88. The molecule has 0 aromatic carbocycles. The molecule has 0 bridgehead atoms. The topological polar surface area (TPSA) is 75.6 Å². The lowest BCUT2D eigenvalue weighted by molar-refractivity contribution is 0.0265. The van der Waals surface area contributed by atoms with Crippen LogP contribution in [-0.2, 0) is 21.4 Å². The maximum absolute atomic E-state index is 12.1. The zero-order valence-corrected chi connectivity index (χ0v) is 12.5. The van der Waals surface area contributed by atoms with Gasteiger partial charge in [0.25, 0.3) is 0 Å². The molecule has 2 heterocycles. The first-order valence-electron chi connectivity index (χ1n) is 6.21. The highest BCUT2D eigenvalue weighted by Gasteiger charge is 2.29. The smallest absolute Gasteiger partial charge is 0.241 e. The number of rotatable bonds is 5. The van der Waals surface area contributed by atoms with Gasteiger partial charge in [-0.15, -0.1) is 11.3 Å². The lowest BCUT2D eigenvalue weighted by Crippen LogP contribution is -2.39. The van der Waals surface area contributed by atoms with Crippen molar-refractivity contribution in [1.29, 1.82) is 0 Å². The van der Waals surface area contributed by atoms with Crippen molar-refractivity contribution in [2.45, 2.75) is 31.3 Å². The summed E-state index contributed by atoms with van der Waals surface area (Å²) in [6.07, 6.45) is 1.72. The molecule has 108 valence electrons. The normalized spacial score (nSPS) is 19.5. The van der Waals surface area contributed by atoms with E-state index in [1.165, 1.54) is 17.4 Å². The van der Waals surface area contributed by atoms with Crippen LogP contribution in [0.15, 0.2) is 16.3 Å². The number of hydrogen-bond donors (Lipinski definition) is 2. The minimum absolute atomic E-state index is 0.0405. The van der Waals surface area contributed by atoms with Crippen LogP contribution in [0, 0.1) is 5.41 Å². The molecule has 2 N–H and O–H groups in total. The number of thiophene rings is 1. The lowest BCUT2D eigenvalue weighted by atomic mass is 9.83. The molecule has 1 aliphatic rings. The van der Waals surface area contributed by atoms with Crippen molar-refractivity contribution in [2.24, 2.45) is 5.41 Å². The van der Waals surface area contributed by atoms with Gasteiger partial charge in [0.05, 0.1) is 11.5 Å². The van der Waals surface area contributed by atoms with Crippen molar-refractivity contribution >= 4 is 21.4 Å². The number of hydrogen-bond acceptors (Lipinski definition) is 5. The first-order chi connectivity index (χ1) is 8.95. The maximum atomic E-state index is 12.1. The third kappa shape index (κ3) is 3.76. The summed E-state index contributed by atoms with van der Waals surface area (Å²) in [5.74, 6) is 0. The van der Waals surface area contributed by atoms with Crippen LogP contribution in [0.25, 0.3) is 0 Å². The van der Waals surface area contributed by atoms with Crippen molar-refractivity contribution in [3.05, 3.63) is 16.3 Å². The first-order valence-corrected chi connectivity index (χ1v) is 8.57. The number of sulfonamides is 1. The molecule has 19 heavy (non-hydrogen) atoms. The molecular formula is C12H19NO4S2. The Kier molecular flexibility index (Phi) is 4.62. The zero-order chi connectivity index (χ0) is 13.9. The van der Waals surface area contributed by atoms with E-state index < -0.39 is 10.0 Å². The van der Waals surface area contributed by atoms with Crippen molar-refractivity contribution < 1.29 is 18.3 Å². The molecular weight excluding hydrogens is 286 g/mol. The van der Waals surface area contributed by atoms with Gasteiger partial charge in [-0.1, -0.05) is 6.92 Å². The van der Waals surface area contributed by atoms with Crippen LogP contribution in [0.4, 0.5) is 0 Å². The summed E-state index contributed by atoms with van der Waals surface area (Å²) in [7, 11) is -3.48. The molecule has 5 nitrogen and oxygen atoms in total. The van der Waals surface area contributed by atoms with E-state index in [2.05, 4.69) is 11.6 Å². The van der Waals surface area contributed by atoms with E-state index >= 15 is 0 Å². The molecule has 1 aliphatic heterocycles. The highest BCUT2D eigenvalue weighted by Crippen LogP contribution is 2.29. The Bertz CT molecular complexity index is 518. The summed E-state index contributed by atoms with van der Waals surface area (Å²) in [5.41, 5.74) is -0.0405. The number of aliphatic hydroxyl groups is 1. The van der Waals surface area contributed by atoms with Gasteiger partial charge in [-0.2, -0.15) is 0 Å². The Morgan fingerprint density at radius 3 is 2.74 bits per heavy atom. The van der Waals surface area contributed by atoms with E-state index in [0.29, 0.717) is 24.6 Å². The lowest BCUT2D eigenvalue weighted by Gasteiger charge is -2.33. The second-order valence-corrected chi connectivity index (χ2v) is 7.92. The van der Waals surface area contributed by atoms with E-state index in [4.69, 9.17) is 9.84 Å². The Morgan fingerprint density at radius 1 is 1.47 bits per heavy atom. The van der Waals surface area contributed by atoms with Gasteiger partial charge in [0.15, 0.2) is 0 Å². The fourth-order valence-electron chi connectivity index (χ4n) is 1.98. The molecule has 7 heteroatoms. The second-order valence-electron chi connectivity index (χ2n) is 5.15. The van der Waals surface area contributed by atoms with E-state index in [1.54, 1.807) is 5.38 Å². The summed E-state index contributed by atoms with van der Waals surface area (Å²) in [6, 6.07) is 1.51. The average Bonchev–Trinajstić information content (AvgIpc) is 2.87. The Hall–Kier alpha value is -0.470. The Labute approximate surface area is 117 Å². The standard InChI is InChI=1S/C12H19NO4S2/c1-12(2-4-17-5-3-12)9-13-19(15,16)11-6-10(7-14)18-8-11/h6,8,13-14H,2-5,7,9H2,1H3. The highest BCUT2D eigenvalue weighted by molar-refractivity contribution is 7.89. The summed E-state index contributed by atoms with van der Waals surface area (Å²) in [4.78, 5) is 0.884. The molecule has 0 radical (unpaired) electrons. The summed E-state index contributed by atoms with van der Waals surface area (Å²) >= 11 is 1.25. The largest absolute Gasteiger partial charge is 0.391 e. The molecule has 0 atom stereocenters. The number of aliphatic hydroxyl groups excluding tert-OH is 1. The van der Waals surface area contributed by atoms with Crippen molar-refractivity contribution in [2.75, 3.05) is 19.8 Å². The summed E-state index contributed by atoms with van der Waals surface area (Å²) in [6.45, 7) is 3.74. The van der Waals surface area contributed by atoms with Crippen molar-refractivity contribution in [3.8, 4) is 0 Å². The van der Waals surface area contributed by atoms with Gasteiger partial charge in [-0.05, 0) is 24.3 Å².